The van der Waals surface area contributed by atoms with Crippen molar-refractivity contribution in [2.24, 2.45) is 5.92 Å². The number of hydrogen-bond acceptors (Lipinski definition) is 4. The Kier molecular flexibility index (Phi) is 6.15. The predicted molar refractivity (Wildman–Crippen MR) is 110 cm³/mol. The van der Waals surface area contributed by atoms with Crippen molar-refractivity contribution in [3.63, 3.8) is 0 Å². The standard InChI is InChI=1S/C23H30N4O2/c24-14-17-5-7-19(8-6-17)23(29)25-15-21-10-9-20(27(21)16-18-3-4-18)13-22(28)26-11-1-2-12-26/h5-8,18,20-21H,1-4,9-13,15-16H2,(H,25,29)/t20-,21+/m1/s1. The number of rotatable bonds is 7. The van der Waals surface area contributed by atoms with Crippen LogP contribution in [0.1, 0.15) is 60.9 Å². The summed E-state index contributed by atoms with van der Waals surface area (Å²) in [4.78, 5) is 29.7. The normalized spacial score (nSPS) is 24.4. The molecule has 6 heteroatoms. The second-order valence-corrected chi connectivity index (χ2v) is 8.72. The molecule has 0 aromatic heterocycles. The second-order valence-electron chi connectivity index (χ2n) is 8.72. The highest BCUT2D eigenvalue weighted by Crippen LogP contribution is 2.35. The van der Waals surface area contributed by atoms with Gasteiger partial charge < -0.3 is 10.2 Å². The Morgan fingerprint density at radius 2 is 1.72 bits per heavy atom. The topological polar surface area (TPSA) is 76.4 Å². The van der Waals surface area contributed by atoms with Crippen LogP contribution in [0.2, 0.25) is 0 Å². The lowest BCUT2D eigenvalue weighted by Crippen LogP contribution is -2.45. The SMILES string of the molecule is N#Cc1ccc(C(=O)NC[C@@H]2CC[C@H](CC(=O)N3CCCC3)N2CC2CC2)cc1. The zero-order chi connectivity index (χ0) is 20.2. The number of amides is 2. The van der Waals surface area contributed by atoms with Crippen molar-refractivity contribution in [2.75, 3.05) is 26.2 Å². The lowest BCUT2D eigenvalue weighted by molar-refractivity contribution is -0.131. The van der Waals surface area contributed by atoms with Gasteiger partial charge in [-0.2, -0.15) is 5.26 Å². The maximum atomic E-state index is 12.7. The molecule has 2 amide bonds. The maximum absolute atomic E-state index is 12.7. The molecule has 29 heavy (non-hydrogen) atoms. The van der Waals surface area contributed by atoms with E-state index in [1.165, 1.54) is 12.8 Å². The van der Waals surface area contributed by atoms with E-state index in [2.05, 4.69) is 16.3 Å². The summed E-state index contributed by atoms with van der Waals surface area (Å²) >= 11 is 0. The van der Waals surface area contributed by atoms with Crippen LogP contribution in [0, 0.1) is 17.2 Å². The molecule has 2 saturated heterocycles. The molecule has 154 valence electrons. The van der Waals surface area contributed by atoms with Crippen LogP contribution < -0.4 is 5.32 Å². The van der Waals surface area contributed by atoms with Gasteiger partial charge in [-0.1, -0.05) is 0 Å². The molecule has 6 nitrogen and oxygen atoms in total. The molecule has 0 unspecified atom stereocenters. The van der Waals surface area contributed by atoms with Gasteiger partial charge in [0.25, 0.3) is 5.91 Å². The Morgan fingerprint density at radius 1 is 1.03 bits per heavy atom. The summed E-state index contributed by atoms with van der Waals surface area (Å²) in [7, 11) is 0. The van der Waals surface area contributed by atoms with Crippen molar-refractivity contribution in [1.29, 1.82) is 5.26 Å². The molecule has 1 N–H and O–H groups in total. The molecular formula is C23H30N4O2. The van der Waals surface area contributed by atoms with Crippen molar-refractivity contribution in [3.05, 3.63) is 35.4 Å². The van der Waals surface area contributed by atoms with E-state index in [1.807, 2.05) is 4.90 Å². The number of carbonyl (C=O) groups is 2. The molecule has 2 aliphatic heterocycles. The highest BCUT2D eigenvalue weighted by molar-refractivity contribution is 5.94. The lowest BCUT2D eigenvalue weighted by Gasteiger charge is -2.31. The lowest BCUT2D eigenvalue weighted by atomic mass is 10.1. The fourth-order valence-corrected chi connectivity index (χ4v) is 4.66. The summed E-state index contributed by atoms with van der Waals surface area (Å²) in [6.07, 6.45) is 7.51. The van der Waals surface area contributed by atoms with E-state index in [9.17, 15) is 9.59 Å². The summed E-state index contributed by atoms with van der Waals surface area (Å²) in [5.41, 5.74) is 1.13. The molecule has 1 aromatic carbocycles. The molecule has 2 atom stereocenters. The summed E-state index contributed by atoms with van der Waals surface area (Å²) in [6, 6.07) is 9.41. The van der Waals surface area contributed by atoms with Gasteiger partial charge in [0.15, 0.2) is 0 Å². The monoisotopic (exact) mass is 394 g/mol. The number of carbonyl (C=O) groups excluding carboxylic acids is 2. The Morgan fingerprint density at radius 3 is 2.38 bits per heavy atom. The van der Waals surface area contributed by atoms with Gasteiger partial charge in [0.1, 0.15) is 0 Å². The highest BCUT2D eigenvalue weighted by Gasteiger charge is 2.38. The Hall–Kier alpha value is -2.39. The molecule has 1 saturated carbocycles. The summed E-state index contributed by atoms with van der Waals surface area (Å²) < 4.78 is 0. The third kappa shape index (κ3) is 4.97. The van der Waals surface area contributed by atoms with E-state index in [0.717, 1.165) is 51.2 Å². The summed E-state index contributed by atoms with van der Waals surface area (Å²) in [5, 5.41) is 12.0. The average molecular weight is 395 g/mol. The van der Waals surface area contributed by atoms with Gasteiger partial charge in [-0.25, -0.2) is 0 Å². The molecule has 1 aliphatic carbocycles. The van der Waals surface area contributed by atoms with Crippen LogP contribution in [0.25, 0.3) is 0 Å². The molecule has 4 rings (SSSR count). The van der Waals surface area contributed by atoms with Crippen LogP contribution in [-0.4, -0.2) is 59.9 Å². The van der Waals surface area contributed by atoms with Crippen LogP contribution in [0.5, 0.6) is 0 Å². The number of hydrogen-bond donors (Lipinski definition) is 1. The Bertz CT molecular complexity index is 775. The fraction of sp³-hybridized carbons (Fsp3) is 0.609. The predicted octanol–water partition coefficient (Wildman–Crippen LogP) is 2.54. The van der Waals surface area contributed by atoms with E-state index in [0.29, 0.717) is 42.1 Å². The summed E-state index contributed by atoms with van der Waals surface area (Å²) in [6.45, 7) is 3.49. The first-order valence-electron chi connectivity index (χ1n) is 11.0. The maximum Gasteiger partial charge on any atom is 0.251 e. The van der Waals surface area contributed by atoms with Gasteiger partial charge >= 0.3 is 0 Å². The number of nitrogens with one attached hydrogen (secondary N) is 1. The van der Waals surface area contributed by atoms with E-state index >= 15 is 0 Å². The second kappa shape index (κ2) is 8.96. The first-order chi connectivity index (χ1) is 14.1. The average Bonchev–Trinajstić information content (AvgIpc) is 3.24. The minimum atomic E-state index is -0.0996. The molecule has 3 fully saturated rings. The number of nitriles is 1. The van der Waals surface area contributed by atoms with E-state index in [4.69, 9.17) is 5.26 Å². The highest BCUT2D eigenvalue weighted by atomic mass is 16.2. The zero-order valence-electron chi connectivity index (χ0n) is 17.0. The van der Waals surface area contributed by atoms with Gasteiger partial charge in [-0.3, -0.25) is 14.5 Å². The van der Waals surface area contributed by atoms with E-state index in [-0.39, 0.29) is 5.91 Å². The Balaban J connectivity index is 1.33. The quantitative estimate of drug-likeness (QED) is 0.771. The number of nitrogens with zero attached hydrogens (tertiary/aromatic N) is 3. The molecule has 2 heterocycles. The van der Waals surface area contributed by atoms with E-state index in [1.54, 1.807) is 24.3 Å². The van der Waals surface area contributed by atoms with E-state index < -0.39 is 0 Å². The minimum Gasteiger partial charge on any atom is -0.350 e. The number of benzene rings is 1. The van der Waals surface area contributed by atoms with Crippen LogP contribution >= 0.6 is 0 Å². The van der Waals surface area contributed by atoms with Crippen molar-refractivity contribution >= 4 is 11.8 Å². The third-order valence-corrected chi connectivity index (χ3v) is 6.58. The van der Waals surface area contributed by atoms with Gasteiger partial charge in [0.2, 0.25) is 5.91 Å². The first-order valence-corrected chi connectivity index (χ1v) is 11.0. The van der Waals surface area contributed by atoms with Crippen LogP contribution in [0.3, 0.4) is 0 Å². The smallest absolute Gasteiger partial charge is 0.251 e. The van der Waals surface area contributed by atoms with Crippen molar-refractivity contribution in [2.45, 2.75) is 57.0 Å². The molecule has 0 bridgehead atoms. The third-order valence-electron chi connectivity index (χ3n) is 6.58. The largest absolute Gasteiger partial charge is 0.350 e. The number of likely N-dealkylation sites (tertiary alicyclic amines) is 2. The van der Waals surface area contributed by atoms with Gasteiger partial charge in [0, 0.05) is 50.2 Å². The van der Waals surface area contributed by atoms with Gasteiger partial charge in [0.05, 0.1) is 11.6 Å². The molecule has 0 radical (unpaired) electrons. The van der Waals surface area contributed by atoms with Gasteiger partial charge in [-0.15, -0.1) is 0 Å². The van der Waals surface area contributed by atoms with Crippen molar-refractivity contribution in [3.8, 4) is 6.07 Å². The zero-order valence-corrected chi connectivity index (χ0v) is 17.0. The van der Waals surface area contributed by atoms with Gasteiger partial charge in [-0.05, 0) is 68.7 Å². The van der Waals surface area contributed by atoms with Crippen LogP contribution in [0.4, 0.5) is 0 Å². The Labute approximate surface area is 172 Å². The molecule has 3 aliphatic rings. The first kappa shape index (κ1) is 19.9. The molecule has 1 aromatic rings. The fourth-order valence-electron chi connectivity index (χ4n) is 4.66. The summed E-state index contributed by atoms with van der Waals surface area (Å²) in [5.74, 6) is 0.960. The molecular weight excluding hydrogens is 364 g/mol. The van der Waals surface area contributed by atoms with Crippen LogP contribution in [0.15, 0.2) is 24.3 Å². The van der Waals surface area contributed by atoms with Crippen molar-refractivity contribution < 1.29 is 9.59 Å². The minimum absolute atomic E-state index is 0.0996. The van der Waals surface area contributed by atoms with Crippen LogP contribution in [-0.2, 0) is 4.79 Å². The van der Waals surface area contributed by atoms with Crippen molar-refractivity contribution in [1.82, 2.24) is 15.1 Å². The molecule has 0 spiro atoms.